The molecule has 0 radical (unpaired) electrons. The minimum atomic E-state index is -3.63. The van der Waals surface area contributed by atoms with E-state index in [-0.39, 0.29) is 16.6 Å². The maximum Gasteiger partial charge on any atom is 0.244 e. The Morgan fingerprint density at radius 1 is 1.36 bits per heavy atom. The van der Waals surface area contributed by atoms with Gasteiger partial charge in [0, 0.05) is 26.2 Å². The van der Waals surface area contributed by atoms with Gasteiger partial charge in [0.15, 0.2) is 0 Å². The average molecular weight is 342 g/mol. The minimum Gasteiger partial charge on any atom is -0.317 e. The van der Waals surface area contributed by atoms with Crippen LogP contribution in [0.1, 0.15) is 30.4 Å². The summed E-state index contributed by atoms with van der Waals surface area (Å²) in [6.07, 6.45) is 3.49. The molecule has 22 heavy (non-hydrogen) atoms. The molecule has 7 nitrogen and oxygen atoms in total. The van der Waals surface area contributed by atoms with Crippen LogP contribution in [0.15, 0.2) is 23.2 Å². The molecular weight excluding hydrogens is 326 g/mol. The van der Waals surface area contributed by atoms with Crippen LogP contribution < -0.4 is 0 Å². The summed E-state index contributed by atoms with van der Waals surface area (Å²) in [5.74, 6) is 2.01. The van der Waals surface area contributed by atoms with Gasteiger partial charge in [-0.1, -0.05) is 11.6 Å². The van der Waals surface area contributed by atoms with Crippen molar-refractivity contribution in [3.8, 4) is 0 Å². The van der Waals surface area contributed by atoms with E-state index in [4.69, 9.17) is 11.6 Å². The number of hydrogen-bond acceptors (Lipinski definition) is 5. The third-order valence-electron chi connectivity index (χ3n) is 3.71. The van der Waals surface area contributed by atoms with Crippen molar-refractivity contribution in [3.05, 3.63) is 35.1 Å². The van der Waals surface area contributed by atoms with Crippen LogP contribution in [0, 0.1) is 0 Å². The predicted octanol–water partition coefficient (Wildman–Crippen LogP) is 1.56. The number of rotatable bonds is 5. The molecule has 1 fully saturated rings. The monoisotopic (exact) mass is 341 g/mol. The molecule has 0 amide bonds. The Labute approximate surface area is 134 Å². The standard InChI is InChI=1S/C13H16ClN5O2S/c1-18(22(20,21)10-5-6-11(14)15-7-10)8-12-16-17-13(19(12)2)9-3-4-9/h5-7,9H,3-4,8H2,1-2H3. The van der Waals surface area contributed by atoms with Gasteiger partial charge in [0.25, 0.3) is 0 Å². The molecule has 2 aromatic rings. The van der Waals surface area contributed by atoms with Crippen molar-refractivity contribution >= 4 is 21.6 Å². The van der Waals surface area contributed by atoms with Crippen LogP contribution in [0.3, 0.4) is 0 Å². The van der Waals surface area contributed by atoms with E-state index in [1.165, 1.54) is 29.7 Å². The van der Waals surface area contributed by atoms with E-state index in [2.05, 4.69) is 15.2 Å². The summed E-state index contributed by atoms with van der Waals surface area (Å²) in [5, 5.41) is 8.52. The zero-order chi connectivity index (χ0) is 15.9. The predicted molar refractivity (Wildman–Crippen MR) is 80.9 cm³/mol. The van der Waals surface area contributed by atoms with Crippen LogP contribution in [0.25, 0.3) is 0 Å². The molecule has 0 unspecified atom stereocenters. The maximum atomic E-state index is 12.5. The number of hydrogen-bond donors (Lipinski definition) is 0. The van der Waals surface area contributed by atoms with Gasteiger partial charge in [-0.25, -0.2) is 13.4 Å². The lowest BCUT2D eigenvalue weighted by atomic mass is 10.4. The van der Waals surface area contributed by atoms with Gasteiger partial charge in [0.2, 0.25) is 10.0 Å². The first-order chi connectivity index (χ1) is 10.4. The topological polar surface area (TPSA) is 81.0 Å². The largest absolute Gasteiger partial charge is 0.317 e. The van der Waals surface area contributed by atoms with Crippen molar-refractivity contribution < 1.29 is 8.42 Å². The van der Waals surface area contributed by atoms with Crippen molar-refractivity contribution in [2.45, 2.75) is 30.2 Å². The molecule has 0 aliphatic heterocycles. The fraction of sp³-hybridized carbons (Fsp3) is 0.462. The average Bonchev–Trinajstić information content (AvgIpc) is 3.25. The molecule has 0 aromatic carbocycles. The van der Waals surface area contributed by atoms with Crippen molar-refractivity contribution in [3.63, 3.8) is 0 Å². The Bertz CT molecular complexity index is 783. The second kappa shape index (κ2) is 5.60. The highest BCUT2D eigenvalue weighted by atomic mass is 35.5. The first-order valence-electron chi connectivity index (χ1n) is 6.85. The van der Waals surface area contributed by atoms with Crippen molar-refractivity contribution in [1.29, 1.82) is 0 Å². The van der Waals surface area contributed by atoms with Crippen LogP contribution in [-0.2, 0) is 23.6 Å². The van der Waals surface area contributed by atoms with Gasteiger partial charge < -0.3 is 4.57 Å². The lowest BCUT2D eigenvalue weighted by molar-refractivity contribution is 0.449. The molecule has 0 N–H and O–H groups in total. The van der Waals surface area contributed by atoms with Gasteiger partial charge in [0.05, 0.1) is 6.54 Å². The highest BCUT2D eigenvalue weighted by Gasteiger charge is 2.30. The van der Waals surface area contributed by atoms with Crippen molar-refractivity contribution in [2.24, 2.45) is 7.05 Å². The fourth-order valence-electron chi connectivity index (χ4n) is 2.19. The van der Waals surface area contributed by atoms with E-state index in [0.29, 0.717) is 11.7 Å². The van der Waals surface area contributed by atoms with Crippen LogP contribution in [0.2, 0.25) is 5.15 Å². The van der Waals surface area contributed by atoms with Gasteiger partial charge in [-0.3, -0.25) is 0 Å². The number of aromatic nitrogens is 4. The minimum absolute atomic E-state index is 0.101. The summed E-state index contributed by atoms with van der Waals surface area (Å²) >= 11 is 5.69. The molecule has 1 aliphatic carbocycles. The Kier molecular flexibility index (Phi) is 3.92. The van der Waals surface area contributed by atoms with E-state index in [9.17, 15) is 8.42 Å². The SMILES string of the molecule is CN(Cc1nnc(C2CC2)n1C)S(=O)(=O)c1ccc(Cl)nc1. The van der Waals surface area contributed by atoms with Crippen LogP contribution in [0.4, 0.5) is 0 Å². The summed E-state index contributed by atoms with van der Waals surface area (Å²) < 4.78 is 28.1. The zero-order valence-electron chi connectivity index (χ0n) is 12.3. The first-order valence-corrected chi connectivity index (χ1v) is 8.67. The molecule has 118 valence electrons. The summed E-state index contributed by atoms with van der Waals surface area (Å²) in [5.41, 5.74) is 0. The van der Waals surface area contributed by atoms with E-state index >= 15 is 0 Å². The Morgan fingerprint density at radius 3 is 2.68 bits per heavy atom. The maximum absolute atomic E-state index is 12.5. The smallest absolute Gasteiger partial charge is 0.244 e. The van der Waals surface area contributed by atoms with E-state index in [1.54, 1.807) is 0 Å². The van der Waals surface area contributed by atoms with Crippen LogP contribution in [0.5, 0.6) is 0 Å². The lowest BCUT2D eigenvalue weighted by Crippen LogP contribution is -2.28. The number of nitrogens with zero attached hydrogens (tertiary/aromatic N) is 5. The summed E-state index contributed by atoms with van der Waals surface area (Å²) in [7, 11) is -0.257. The summed E-state index contributed by atoms with van der Waals surface area (Å²) in [6, 6.07) is 2.89. The van der Waals surface area contributed by atoms with Gasteiger partial charge in [-0.2, -0.15) is 4.31 Å². The van der Waals surface area contributed by atoms with Crippen molar-refractivity contribution in [2.75, 3.05) is 7.05 Å². The number of halogens is 1. The summed E-state index contributed by atoms with van der Waals surface area (Å²) in [6.45, 7) is 0.154. The normalized spacial score (nSPS) is 15.5. The highest BCUT2D eigenvalue weighted by Crippen LogP contribution is 2.38. The lowest BCUT2D eigenvalue weighted by Gasteiger charge is -2.16. The van der Waals surface area contributed by atoms with Crippen molar-refractivity contribution in [1.82, 2.24) is 24.1 Å². The second-order valence-corrected chi connectivity index (χ2v) is 7.82. The third kappa shape index (κ3) is 2.86. The molecular formula is C13H16ClN5O2S. The molecule has 9 heteroatoms. The molecule has 3 rings (SSSR count). The number of pyridine rings is 1. The van der Waals surface area contributed by atoms with Gasteiger partial charge in [0.1, 0.15) is 21.7 Å². The molecule has 0 spiro atoms. The third-order valence-corrected chi connectivity index (χ3v) is 5.72. The molecule has 0 atom stereocenters. The molecule has 1 aliphatic rings. The Balaban J connectivity index is 1.81. The van der Waals surface area contributed by atoms with Crippen LogP contribution in [-0.4, -0.2) is 39.5 Å². The van der Waals surface area contributed by atoms with E-state index < -0.39 is 10.0 Å². The quantitative estimate of drug-likeness (QED) is 0.771. The van der Waals surface area contributed by atoms with Crippen LogP contribution >= 0.6 is 11.6 Å². The molecule has 1 saturated carbocycles. The zero-order valence-corrected chi connectivity index (χ0v) is 13.8. The molecule has 0 bridgehead atoms. The van der Waals surface area contributed by atoms with Gasteiger partial charge in [-0.05, 0) is 25.0 Å². The van der Waals surface area contributed by atoms with E-state index in [0.717, 1.165) is 18.7 Å². The Hall–Kier alpha value is -1.51. The first kappa shape index (κ1) is 15.4. The second-order valence-electron chi connectivity index (χ2n) is 5.39. The Morgan fingerprint density at radius 2 is 2.09 bits per heavy atom. The van der Waals surface area contributed by atoms with Gasteiger partial charge in [-0.15, -0.1) is 10.2 Å². The van der Waals surface area contributed by atoms with E-state index in [1.807, 2.05) is 11.6 Å². The summed E-state index contributed by atoms with van der Waals surface area (Å²) in [4.78, 5) is 3.92. The number of sulfonamides is 1. The fourth-order valence-corrected chi connectivity index (χ4v) is 3.37. The van der Waals surface area contributed by atoms with Gasteiger partial charge >= 0.3 is 0 Å². The molecule has 0 saturated heterocycles. The highest BCUT2D eigenvalue weighted by molar-refractivity contribution is 7.89. The molecule has 2 aromatic heterocycles. The molecule has 2 heterocycles.